The van der Waals surface area contributed by atoms with Gasteiger partial charge in [0.25, 0.3) is 5.88 Å². The van der Waals surface area contributed by atoms with Crippen LogP contribution in [-0.4, -0.2) is 25.8 Å². The second kappa shape index (κ2) is 6.85. The van der Waals surface area contributed by atoms with Gasteiger partial charge in [-0.2, -0.15) is 5.10 Å². The Morgan fingerprint density at radius 1 is 1.42 bits per heavy atom. The lowest BCUT2D eigenvalue weighted by Crippen LogP contribution is -2.17. The van der Waals surface area contributed by atoms with Crippen molar-refractivity contribution in [1.82, 2.24) is 19.7 Å². The number of nitrogens with zero attached hydrogens (tertiary/aromatic N) is 4. The van der Waals surface area contributed by atoms with Gasteiger partial charge >= 0.3 is 6.09 Å². The van der Waals surface area contributed by atoms with Gasteiger partial charge in [0.1, 0.15) is 5.15 Å². The highest BCUT2D eigenvalue weighted by Gasteiger charge is 2.16. The highest BCUT2D eigenvalue weighted by molar-refractivity contribution is 7.16. The van der Waals surface area contributed by atoms with Gasteiger partial charge < -0.3 is 10.1 Å². The Morgan fingerprint density at radius 2 is 2.25 bits per heavy atom. The highest BCUT2D eigenvalue weighted by atomic mass is 35.5. The maximum Gasteiger partial charge on any atom is 0.419 e. The van der Waals surface area contributed by atoms with E-state index in [2.05, 4.69) is 25.7 Å². The molecule has 0 aliphatic rings. The van der Waals surface area contributed by atoms with Crippen LogP contribution in [0.2, 0.25) is 5.15 Å². The molecule has 0 aliphatic heterocycles. The summed E-state index contributed by atoms with van der Waals surface area (Å²) >= 11 is 7.22. The van der Waals surface area contributed by atoms with Crippen molar-refractivity contribution in [3.8, 4) is 5.88 Å². The monoisotopic (exact) mass is 364 g/mol. The van der Waals surface area contributed by atoms with Crippen molar-refractivity contribution in [2.45, 2.75) is 6.92 Å². The molecule has 3 rings (SSSR count). The fourth-order valence-corrected chi connectivity index (χ4v) is 2.81. The molecular weight excluding hydrogens is 352 g/mol. The predicted octanol–water partition coefficient (Wildman–Crippen LogP) is 3.59. The first-order valence-corrected chi connectivity index (χ1v) is 8.03. The molecule has 0 radical (unpaired) electrons. The summed E-state index contributed by atoms with van der Waals surface area (Å²) in [6.45, 7) is 1.82. The van der Waals surface area contributed by atoms with Gasteiger partial charge in [-0.25, -0.2) is 14.8 Å². The van der Waals surface area contributed by atoms with E-state index < -0.39 is 6.09 Å². The fraction of sp³-hybridized carbons (Fsp3) is 0.143. The van der Waals surface area contributed by atoms with Crippen LogP contribution in [0, 0.1) is 6.92 Å². The molecule has 0 aliphatic carbocycles. The number of pyridine rings is 1. The normalized spacial score (nSPS) is 10.5. The van der Waals surface area contributed by atoms with E-state index in [-0.39, 0.29) is 5.88 Å². The third-order valence-electron chi connectivity index (χ3n) is 2.82. The molecular formula is C14H13ClN6O2S. The number of carbonyl (C=O) groups excluding carboxylic acids is 1. The molecule has 10 heteroatoms. The summed E-state index contributed by atoms with van der Waals surface area (Å²) in [6, 6.07) is 5.07. The lowest BCUT2D eigenvalue weighted by Gasteiger charge is -2.07. The number of thiazole rings is 1. The Morgan fingerprint density at radius 3 is 2.96 bits per heavy atom. The minimum Gasteiger partial charge on any atom is -0.388 e. The van der Waals surface area contributed by atoms with Crippen molar-refractivity contribution in [2.24, 2.45) is 7.05 Å². The van der Waals surface area contributed by atoms with Crippen LogP contribution in [0.4, 0.5) is 21.3 Å². The number of hydrogen-bond acceptors (Lipinski definition) is 7. The van der Waals surface area contributed by atoms with E-state index in [4.69, 9.17) is 16.3 Å². The van der Waals surface area contributed by atoms with Crippen molar-refractivity contribution >= 4 is 45.5 Å². The quantitative estimate of drug-likeness (QED) is 0.687. The van der Waals surface area contributed by atoms with E-state index in [1.807, 2.05) is 6.92 Å². The zero-order chi connectivity index (χ0) is 17.1. The van der Waals surface area contributed by atoms with E-state index in [0.29, 0.717) is 21.7 Å². The van der Waals surface area contributed by atoms with E-state index in [1.165, 1.54) is 11.3 Å². The minimum atomic E-state index is -0.671. The molecule has 0 unspecified atom stereocenters. The zero-order valence-electron chi connectivity index (χ0n) is 12.8. The van der Waals surface area contributed by atoms with E-state index in [1.54, 1.807) is 42.3 Å². The summed E-state index contributed by atoms with van der Waals surface area (Å²) in [5.74, 6) is 0.573. The minimum absolute atomic E-state index is 0.180. The van der Waals surface area contributed by atoms with Gasteiger partial charge in [0, 0.05) is 31.2 Å². The smallest absolute Gasteiger partial charge is 0.388 e. The standard InChI is InChI=1S/C14H13ClN6O2S/c1-8-17-12(23-14(22)19-11-4-6-21(2)20-11)13(24-8)18-9-3-5-16-10(15)7-9/h3-7H,1-2H3,(H,16,18)(H,19,20,22). The lowest BCUT2D eigenvalue weighted by atomic mass is 10.4. The summed E-state index contributed by atoms with van der Waals surface area (Å²) in [4.78, 5) is 20.1. The Balaban J connectivity index is 1.72. The summed E-state index contributed by atoms with van der Waals surface area (Å²) in [5.41, 5.74) is 0.716. The number of ether oxygens (including phenoxy) is 1. The number of hydrogen-bond donors (Lipinski definition) is 2. The second-order valence-corrected chi connectivity index (χ2v) is 6.34. The van der Waals surface area contributed by atoms with Crippen molar-refractivity contribution in [3.63, 3.8) is 0 Å². The van der Waals surface area contributed by atoms with Crippen LogP contribution in [0.3, 0.4) is 0 Å². The number of aryl methyl sites for hydroxylation is 2. The first-order chi connectivity index (χ1) is 11.5. The Hall–Kier alpha value is -2.65. The molecule has 2 N–H and O–H groups in total. The third-order valence-corrected chi connectivity index (χ3v) is 3.89. The molecule has 0 saturated heterocycles. The van der Waals surface area contributed by atoms with Crippen molar-refractivity contribution in [3.05, 3.63) is 40.8 Å². The Bertz CT molecular complexity index is 878. The van der Waals surface area contributed by atoms with E-state index >= 15 is 0 Å². The maximum absolute atomic E-state index is 12.0. The molecule has 0 spiro atoms. The summed E-state index contributed by atoms with van der Waals surface area (Å²) in [7, 11) is 1.75. The van der Waals surface area contributed by atoms with Crippen molar-refractivity contribution in [2.75, 3.05) is 10.6 Å². The van der Waals surface area contributed by atoms with Crippen LogP contribution in [0.25, 0.3) is 0 Å². The molecule has 0 bridgehead atoms. The van der Waals surface area contributed by atoms with Crippen molar-refractivity contribution in [1.29, 1.82) is 0 Å². The number of rotatable bonds is 4. The molecule has 24 heavy (non-hydrogen) atoms. The molecule has 0 fully saturated rings. The largest absolute Gasteiger partial charge is 0.419 e. The zero-order valence-corrected chi connectivity index (χ0v) is 14.4. The van der Waals surface area contributed by atoms with Gasteiger partial charge in [-0.1, -0.05) is 22.9 Å². The first-order valence-electron chi connectivity index (χ1n) is 6.84. The molecule has 3 aromatic heterocycles. The molecule has 3 aromatic rings. The predicted molar refractivity (Wildman–Crippen MR) is 92.2 cm³/mol. The SMILES string of the molecule is Cc1nc(OC(=O)Nc2ccn(C)n2)c(Nc2ccnc(Cl)c2)s1. The molecule has 0 saturated carbocycles. The van der Waals surface area contributed by atoms with Crippen molar-refractivity contribution < 1.29 is 9.53 Å². The Kier molecular flexibility index (Phi) is 4.63. The Labute approximate surface area is 146 Å². The number of anilines is 3. The summed E-state index contributed by atoms with van der Waals surface area (Å²) in [6.07, 6.45) is 2.62. The number of amides is 1. The van der Waals surface area contributed by atoms with Crippen LogP contribution in [0.15, 0.2) is 30.6 Å². The molecule has 0 aromatic carbocycles. The van der Waals surface area contributed by atoms with Crippen LogP contribution < -0.4 is 15.4 Å². The highest BCUT2D eigenvalue weighted by Crippen LogP contribution is 2.34. The van der Waals surface area contributed by atoms with Gasteiger partial charge in [-0.05, 0) is 19.1 Å². The van der Waals surface area contributed by atoms with Gasteiger partial charge in [-0.3, -0.25) is 10.00 Å². The second-order valence-electron chi connectivity index (χ2n) is 4.75. The first kappa shape index (κ1) is 16.2. The van der Waals surface area contributed by atoms with Gasteiger partial charge in [-0.15, -0.1) is 0 Å². The lowest BCUT2D eigenvalue weighted by molar-refractivity contribution is 0.213. The molecule has 1 amide bonds. The molecule has 0 atom stereocenters. The molecule has 8 nitrogen and oxygen atoms in total. The van der Waals surface area contributed by atoms with Crippen LogP contribution in [0.1, 0.15) is 5.01 Å². The summed E-state index contributed by atoms with van der Waals surface area (Å²) < 4.78 is 6.84. The average molecular weight is 365 g/mol. The third kappa shape index (κ3) is 4.00. The number of nitrogens with one attached hydrogen (secondary N) is 2. The number of aromatic nitrogens is 4. The molecule has 3 heterocycles. The summed E-state index contributed by atoms with van der Waals surface area (Å²) in [5, 5.41) is 11.4. The van der Waals surface area contributed by atoms with Crippen LogP contribution in [0.5, 0.6) is 5.88 Å². The molecule has 124 valence electrons. The van der Waals surface area contributed by atoms with Crippen LogP contribution in [-0.2, 0) is 7.05 Å². The van der Waals surface area contributed by atoms with Gasteiger partial charge in [0.2, 0.25) is 0 Å². The van der Waals surface area contributed by atoms with E-state index in [9.17, 15) is 4.79 Å². The number of carbonyl (C=O) groups is 1. The van der Waals surface area contributed by atoms with Crippen LogP contribution >= 0.6 is 22.9 Å². The number of halogens is 1. The maximum atomic E-state index is 12.0. The topological polar surface area (TPSA) is 94.0 Å². The van der Waals surface area contributed by atoms with E-state index in [0.717, 1.165) is 5.01 Å². The van der Waals surface area contributed by atoms with Gasteiger partial charge in [0.05, 0.1) is 5.01 Å². The average Bonchev–Trinajstić information content (AvgIpc) is 3.05. The fourth-order valence-electron chi connectivity index (χ4n) is 1.87. The van der Waals surface area contributed by atoms with Gasteiger partial charge in [0.15, 0.2) is 10.8 Å².